The molecule has 12 nitrogen and oxygen atoms in total. The highest BCUT2D eigenvalue weighted by molar-refractivity contribution is 5.94. The van der Waals surface area contributed by atoms with Crippen LogP contribution in [0.3, 0.4) is 0 Å². The summed E-state index contributed by atoms with van der Waals surface area (Å²) in [5.41, 5.74) is 1.59. The number of hydrogen-bond acceptors (Lipinski definition) is 8. The maximum absolute atomic E-state index is 13.9. The molecule has 2 aromatic carbocycles. The molecule has 5 heterocycles. The minimum atomic E-state index is -0.809. The number of pyridine rings is 1. The monoisotopic (exact) mass is 622 g/mol. The number of fused-ring (bicyclic) bond motifs is 5. The number of aromatic nitrogens is 4. The van der Waals surface area contributed by atoms with Gasteiger partial charge in [-0.15, -0.1) is 0 Å². The quantitative estimate of drug-likeness (QED) is 0.245. The van der Waals surface area contributed by atoms with Crippen molar-refractivity contribution in [3.05, 3.63) is 116 Å². The zero-order chi connectivity index (χ0) is 32.2. The van der Waals surface area contributed by atoms with E-state index in [2.05, 4.69) is 9.88 Å². The van der Waals surface area contributed by atoms with E-state index < -0.39 is 29.1 Å². The van der Waals surface area contributed by atoms with Gasteiger partial charge in [0.15, 0.2) is 5.78 Å². The summed E-state index contributed by atoms with van der Waals surface area (Å²) in [4.78, 5) is 60.7. The van der Waals surface area contributed by atoms with Crippen molar-refractivity contribution in [3.63, 3.8) is 0 Å². The summed E-state index contributed by atoms with van der Waals surface area (Å²) in [6.07, 6.45) is 3.27. The summed E-state index contributed by atoms with van der Waals surface area (Å²) in [6.45, 7) is 8.70. The van der Waals surface area contributed by atoms with E-state index in [1.165, 1.54) is 16.3 Å². The number of Topliss-reactive ketones (excluding diaryl/α,β-unsaturated/α-hetero) is 1. The number of hydrogen-bond donors (Lipinski definition) is 0. The summed E-state index contributed by atoms with van der Waals surface area (Å²) in [7, 11) is 0. The maximum atomic E-state index is 13.9. The number of ether oxygens (including phenoxy) is 2. The number of allylic oxidation sites excluding steroid dienone is 1. The normalized spacial score (nSPS) is 18.5. The predicted molar refractivity (Wildman–Crippen MR) is 169 cm³/mol. The van der Waals surface area contributed by atoms with Crippen molar-refractivity contribution in [2.75, 3.05) is 26.2 Å². The highest BCUT2D eigenvalue weighted by atomic mass is 16.6. The molecule has 0 spiro atoms. The molecule has 1 atom stereocenters. The second-order valence-corrected chi connectivity index (χ2v) is 12.3. The first-order valence-electron chi connectivity index (χ1n) is 15.3. The van der Waals surface area contributed by atoms with E-state index in [9.17, 15) is 19.2 Å². The van der Waals surface area contributed by atoms with E-state index in [1.807, 2.05) is 38.1 Å². The van der Waals surface area contributed by atoms with Crippen LogP contribution in [0.1, 0.15) is 48.4 Å². The Morgan fingerprint density at radius 1 is 0.978 bits per heavy atom. The number of amides is 1. The first-order chi connectivity index (χ1) is 22.1. The van der Waals surface area contributed by atoms with Crippen molar-refractivity contribution in [3.8, 4) is 17.2 Å². The summed E-state index contributed by atoms with van der Waals surface area (Å²) < 4.78 is 16.2. The number of benzene rings is 2. The first kappa shape index (κ1) is 29.5. The smallest absolute Gasteiger partial charge is 0.415 e. The second-order valence-electron chi connectivity index (χ2n) is 12.3. The van der Waals surface area contributed by atoms with Gasteiger partial charge < -0.3 is 14.4 Å². The lowest BCUT2D eigenvalue weighted by Gasteiger charge is -2.42. The molecule has 7 rings (SSSR count). The van der Waals surface area contributed by atoms with Gasteiger partial charge in [0, 0.05) is 56.1 Å². The number of ketones is 1. The molecule has 0 aliphatic carbocycles. The Morgan fingerprint density at radius 2 is 1.74 bits per heavy atom. The van der Waals surface area contributed by atoms with Gasteiger partial charge in [0.25, 0.3) is 0 Å². The summed E-state index contributed by atoms with van der Waals surface area (Å²) in [6, 6.07) is 16.8. The molecule has 1 saturated heterocycles. The first-order valence-corrected chi connectivity index (χ1v) is 15.3. The van der Waals surface area contributed by atoms with Crippen molar-refractivity contribution in [2.24, 2.45) is 0 Å². The zero-order valence-corrected chi connectivity index (χ0v) is 25.9. The Balaban J connectivity index is 1.14. The Labute approximate surface area is 264 Å². The molecule has 0 radical (unpaired) electrons. The Hall–Kier alpha value is -5.23. The number of carbonyl (C=O) groups excluding carboxylic acids is 2. The lowest BCUT2D eigenvalue weighted by Crippen LogP contribution is -2.49. The van der Waals surface area contributed by atoms with Crippen molar-refractivity contribution >= 4 is 11.9 Å². The van der Waals surface area contributed by atoms with Gasteiger partial charge >= 0.3 is 17.5 Å². The standard InChI is InChI=1S/C34H34N6O6/c1-22(41)23-7-9-25(10-8-23)39-31(42)38-15-13-28-30(40(38)32(39)43)27-12-11-26(20-29(27)46-34(28,2)3)45-33(44)37-18-16-36(17-19-37)21-24-6-4-5-14-35-24/h4-14,20,30H,15-19,21H2,1-3H3. The lowest BCUT2D eigenvalue weighted by molar-refractivity contribution is 0.101. The molecule has 1 unspecified atom stereocenters. The molecule has 0 bridgehead atoms. The van der Waals surface area contributed by atoms with Crippen LogP contribution in [0, 0.1) is 0 Å². The van der Waals surface area contributed by atoms with E-state index in [4.69, 9.17) is 9.47 Å². The third-order valence-electron chi connectivity index (χ3n) is 8.90. The molecular weight excluding hydrogens is 588 g/mol. The summed E-state index contributed by atoms with van der Waals surface area (Å²) in [5.74, 6) is 0.682. The third kappa shape index (κ3) is 5.14. The number of carbonyl (C=O) groups is 2. The van der Waals surface area contributed by atoms with Gasteiger partial charge in [-0.1, -0.05) is 12.1 Å². The molecule has 0 saturated carbocycles. The van der Waals surface area contributed by atoms with Crippen LogP contribution >= 0.6 is 0 Å². The van der Waals surface area contributed by atoms with Crippen LogP contribution in [0.2, 0.25) is 0 Å². The van der Waals surface area contributed by atoms with Gasteiger partial charge in [-0.25, -0.2) is 28.3 Å². The molecule has 4 aromatic rings. The fourth-order valence-corrected chi connectivity index (χ4v) is 6.48. The van der Waals surface area contributed by atoms with E-state index >= 15 is 0 Å². The average molecular weight is 623 g/mol. The molecule has 1 amide bonds. The average Bonchev–Trinajstić information content (AvgIpc) is 3.30. The van der Waals surface area contributed by atoms with Crippen LogP contribution in [0.5, 0.6) is 11.5 Å². The van der Waals surface area contributed by atoms with Gasteiger partial charge in [0.05, 0.1) is 17.9 Å². The molecule has 1 fully saturated rings. The van der Waals surface area contributed by atoms with E-state index in [0.29, 0.717) is 54.5 Å². The summed E-state index contributed by atoms with van der Waals surface area (Å²) >= 11 is 0. The Bertz CT molecular complexity index is 1980. The molecule has 236 valence electrons. The van der Waals surface area contributed by atoms with Crippen LogP contribution in [0.15, 0.2) is 88.1 Å². The van der Waals surface area contributed by atoms with E-state index in [-0.39, 0.29) is 12.3 Å². The van der Waals surface area contributed by atoms with E-state index in [0.717, 1.165) is 22.4 Å². The van der Waals surface area contributed by atoms with Gasteiger partial charge in [0.2, 0.25) is 0 Å². The van der Waals surface area contributed by atoms with Crippen LogP contribution in [-0.2, 0) is 13.1 Å². The maximum Gasteiger partial charge on any atom is 0.415 e. The number of piperazine rings is 1. The SMILES string of the molecule is CC(=O)c1ccc(-n2c(=O)n3n(c2=O)C2C(=CC3)C(C)(C)Oc3cc(OC(=O)N4CCN(Cc5ccccn5)CC4)ccc32)cc1. The van der Waals surface area contributed by atoms with Gasteiger partial charge in [-0.05, 0) is 74.9 Å². The van der Waals surface area contributed by atoms with Gasteiger partial charge in [0.1, 0.15) is 23.1 Å². The molecule has 0 N–H and O–H groups in total. The zero-order valence-electron chi connectivity index (χ0n) is 25.9. The lowest BCUT2D eigenvalue weighted by atomic mass is 9.83. The topological polar surface area (TPSA) is 121 Å². The molecule has 3 aliphatic rings. The highest BCUT2D eigenvalue weighted by Gasteiger charge is 2.44. The summed E-state index contributed by atoms with van der Waals surface area (Å²) in [5, 5.41) is 0. The Morgan fingerprint density at radius 3 is 2.43 bits per heavy atom. The number of rotatable bonds is 5. The minimum Gasteiger partial charge on any atom is -0.483 e. The molecule has 46 heavy (non-hydrogen) atoms. The third-order valence-corrected chi connectivity index (χ3v) is 8.90. The van der Waals surface area contributed by atoms with E-state index in [1.54, 1.807) is 53.6 Å². The predicted octanol–water partition coefficient (Wildman–Crippen LogP) is 3.42. The fourth-order valence-electron chi connectivity index (χ4n) is 6.48. The van der Waals surface area contributed by atoms with Crippen molar-refractivity contribution in [1.29, 1.82) is 0 Å². The fraction of sp³-hybridized carbons (Fsp3) is 0.324. The van der Waals surface area contributed by atoms with Gasteiger partial charge in [-0.2, -0.15) is 0 Å². The number of nitrogens with zero attached hydrogens (tertiary/aromatic N) is 6. The van der Waals surface area contributed by atoms with Crippen LogP contribution < -0.4 is 20.9 Å². The van der Waals surface area contributed by atoms with Gasteiger partial charge in [-0.3, -0.25) is 14.7 Å². The molecule has 2 aromatic heterocycles. The molecule has 3 aliphatic heterocycles. The van der Waals surface area contributed by atoms with Crippen LogP contribution in [-0.4, -0.2) is 72.4 Å². The highest BCUT2D eigenvalue weighted by Crippen LogP contribution is 2.47. The van der Waals surface area contributed by atoms with Crippen molar-refractivity contribution in [1.82, 2.24) is 28.7 Å². The molecule has 12 heteroatoms. The van der Waals surface area contributed by atoms with Crippen LogP contribution in [0.4, 0.5) is 4.79 Å². The Kier molecular flexibility index (Phi) is 7.23. The molecular formula is C34H34N6O6. The van der Waals surface area contributed by atoms with Crippen molar-refractivity contribution in [2.45, 2.75) is 45.5 Å². The largest absolute Gasteiger partial charge is 0.483 e. The second kappa shape index (κ2) is 11.3. The minimum absolute atomic E-state index is 0.106. The van der Waals surface area contributed by atoms with Crippen molar-refractivity contribution < 1.29 is 19.1 Å². The van der Waals surface area contributed by atoms with Crippen LogP contribution in [0.25, 0.3) is 5.69 Å².